The minimum absolute atomic E-state index is 0.157. The van der Waals surface area contributed by atoms with Crippen LogP contribution in [0.1, 0.15) is 120 Å². The second kappa shape index (κ2) is 11.5. The summed E-state index contributed by atoms with van der Waals surface area (Å²) < 4.78 is 22.7. The van der Waals surface area contributed by atoms with Gasteiger partial charge in [0.05, 0.1) is 0 Å². The molecule has 0 saturated heterocycles. The molecular formula is C36H54O2. The van der Waals surface area contributed by atoms with Crippen molar-refractivity contribution < 1.29 is 12.3 Å². The minimum atomic E-state index is -1.21. The van der Waals surface area contributed by atoms with E-state index in [2.05, 4.69) is 40.7 Å². The van der Waals surface area contributed by atoms with Crippen LogP contribution >= 0.6 is 0 Å². The first-order chi connectivity index (χ1) is 19.0. The zero-order valence-electron chi connectivity index (χ0n) is 26.8. The molecule has 2 unspecified atom stereocenters. The molecule has 0 N–H and O–H groups in total. The zero-order chi connectivity index (χ0) is 28.7. The Kier molecular flexibility index (Phi) is 7.69. The number of esters is 1. The molecule has 10 atom stereocenters. The summed E-state index contributed by atoms with van der Waals surface area (Å²) in [6.45, 7) is 12.4. The van der Waals surface area contributed by atoms with E-state index >= 15 is 0 Å². The third kappa shape index (κ3) is 5.53. The number of carbonyl (C=O) groups excluding carboxylic acids is 1. The van der Waals surface area contributed by atoms with E-state index < -0.39 is 18.8 Å². The summed E-state index contributed by atoms with van der Waals surface area (Å²) in [5.41, 5.74) is 2.92. The van der Waals surface area contributed by atoms with Crippen LogP contribution in [0.4, 0.5) is 0 Å². The highest BCUT2D eigenvalue weighted by Gasteiger charge is 2.59. The number of benzene rings is 1. The monoisotopic (exact) mass is 520 g/mol. The van der Waals surface area contributed by atoms with Crippen molar-refractivity contribution in [2.75, 3.05) is 0 Å². The average molecular weight is 521 g/mol. The third-order valence-electron chi connectivity index (χ3n) is 11.8. The molecule has 0 radical (unpaired) electrons. The van der Waals surface area contributed by atoms with Gasteiger partial charge in [0.1, 0.15) is 6.10 Å². The number of aryl methyl sites for hydroxylation is 1. The molecule has 210 valence electrons. The summed E-state index contributed by atoms with van der Waals surface area (Å²) in [4.78, 5) is 12.9. The Morgan fingerprint density at radius 1 is 1.03 bits per heavy atom. The molecule has 4 aliphatic rings. The number of hydrogen-bond acceptors (Lipinski definition) is 2. The number of carbonyl (C=O) groups is 1. The lowest BCUT2D eigenvalue weighted by atomic mass is 9.47. The van der Waals surface area contributed by atoms with Gasteiger partial charge in [-0.1, -0.05) is 95.9 Å². The molecule has 0 spiro atoms. The summed E-state index contributed by atoms with van der Waals surface area (Å²) in [5, 5.41) is 0. The van der Waals surface area contributed by atoms with Crippen LogP contribution in [-0.2, 0) is 15.9 Å². The molecule has 0 bridgehead atoms. The summed E-state index contributed by atoms with van der Waals surface area (Å²) >= 11 is 0. The first kappa shape index (κ1) is 25.4. The topological polar surface area (TPSA) is 26.3 Å². The van der Waals surface area contributed by atoms with Crippen molar-refractivity contribution in [2.45, 2.75) is 124 Å². The second-order valence-electron chi connectivity index (χ2n) is 14.3. The first-order valence-electron chi connectivity index (χ1n) is 17.0. The molecule has 3 saturated carbocycles. The molecule has 0 heterocycles. The smallest absolute Gasteiger partial charge is 0.306 e. The summed E-state index contributed by atoms with van der Waals surface area (Å²) in [6.07, 6.45) is 13.9. The number of fused-ring (bicyclic) bond motifs is 5. The van der Waals surface area contributed by atoms with Crippen LogP contribution in [0.15, 0.2) is 42.0 Å². The fraction of sp³-hybridized carbons (Fsp3) is 0.750. The van der Waals surface area contributed by atoms with Crippen molar-refractivity contribution in [3.05, 3.63) is 47.5 Å². The molecule has 38 heavy (non-hydrogen) atoms. The third-order valence-corrected chi connectivity index (χ3v) is 11.8. The lowest BCUT2D eigenvalue weighted by molar-refractivity contribution is -0.151. The van der Waals surface area contributed by atoms with Gasteiger partial charge in [-0.3, -0.25) is 4.79 Å². The van der Waals surface area contributed by atoms with Gasteiger partial charge in [0, 0.05) is 15.6 Å². The van der Waals surface area contributed by atoms with Crippen LogP contribution in [-0.4, -0.2) is 12.1 Å². The van der Waals surface area contributed by atoms with Gasteiger partial charge in [-0.05, 0) is 103 Å². The van der Waals surface area contributed by atoms with Crippen molar-refractivity contribution in [3.63, 3.8) is 0 Å². The number of allylic oxidation sites excluding steroid dienone is 1. The molecule has 0 aromatic heterocycles. The van der Waals surface area contributed by atoms with Gasteiger partial charge in [-0.2, -0.15) is 0 Å². The zero-order valence-corrected chi connectivity index (χ0v) is 24.8. The van der Waals surface area contributed by atoms with Gasteiger partial charge in [0.15, 0.2) is 0 Å². The fourth-order valence-electron chi connectivity index (χ4n) is 9.68. The fourth-order valence-corrected chi connectivity index (χ4v) is 9.68. The van der Waals surface area contributed by atoms with Crippen LogP contribution in [0.25, 0.3) is 0 Å². The van der Waals surface area contributed by atoms with Crippen LogP contribution in [0.5, 0.6) is 0 Å². The molecule has 0 aliphatic heterocycles. The van der Waals surface area contributed by atoms with E-state index in [0.717, 1.165) is 54.8 Å². The van der Waals surface area contributed by atoms with E-state index in [1.165, 1.54) is 56.9 Å². The Balaban J connectivity index is 1.22. The molecular weight excluding hydrogens is 464 g/mol. The maximum absolute atomic E-state index is 12.9. The normalized spacial score (nSPS) is 39.5. The lowest BCUT2D eigenvalue weighted by Crippen LogP contribution is -2.51. The molecule has 1 aromatic rings. The maximum atomic E-state index is 12.9. The van der Waals surface area contributed by atoms with Gasteiger partial charge in [0.25, 0.3) is 0 Å². The second-order valence-corrected chi connectivity index (χ2v) is 14.3. The highest BCUT2D eigenvalue weighted by atomic mass is 16.5. The number of hydrogen-bond donors (Lipinski definition) is 0. The predicted octanol–water partition coefficient (Wildman–Crippen LogP) is 9.57. The van der Waals surface area contributed by atoms with Crippen molar-refractivity contribution in [1.29, 1.82) is 0 Å². The Bertz CT molecular complexity index is 1050. The van der Waals surface area contributed by atoms with E-state index in [1.807, 2.05) is 30.3 Å². The van der Waals surface area contributed by atoms with E-state index in [-0.39, 0.29) is 11.5 Å². The minimum Gasteiger partial charge on any atom is -0.462 e. The van der Waals surface area contributed by atoms with E-state index in [9.17, 15) is 4.79 Å². The molecule has 5 rings (SSSR count). The van der Waals surface area contributed by atoms with Gasteiger partial charge >= 0.3 is 5.97 Å². The lowest BCUT2D eigenvalue weighted by Gasteiger charge is -2.58. The maximum Gasteiger partial charge on any atom is 0.306 e. The van der Waals surface area contributed by atoms with Crippen molar-refractivity contribution in [2.24, 2.45) is 46.3 Å². The van der Waals surface area contributed by atoms with Crippen LogP contribution in [0.3, 0.4) is 0 Å². The van der Waals surface area contributed by atoms with Crippen LogP contribution in [0, 0.1) is 46.3 Å². The molecule has 2 nitrogen and oxygen atoms in total. The summed E-state index contributed by atoms with van der Waals surface area (Å²) in [6, 6.07) is 9.23. The first-order valence-corrected chi connectivity index (χ1v) is 15.8. The van der Waals surface area contributed by atoms with Gasteiger partial charge in [-0.25, -0.2) is 0 Å². The molecule has 1 aromatic carbocycles. The Morgan fingerprint density at radius 3 is 2.58 bits per heavy atom. The van der Waals surface area contributed by atoms with E-state index in [0.29, 0.717) is 11.0 Å². The average Bonchev–Trinajstić information content (AvgIpc) is 3.30. The van der Waals surface area contributed by atoms with Gasteiger partial charge in [-0.15, -0.1) is 0 Å². The Morgan fingerprint density at radius 2 is 1.82 bits per heavy atom. The SMILES string of the molecule is [2H]C(C(=O)O[C@H]1CC[C@@]2(C)C(=CC[C@H]3[C@@H]4CC[C@H]([C@H](C)CCCC(C)C)[C@@]4(C)CC[C@@H]32)C1)C([2H])c1ccccc1. The Labute approximate surface area is 236 Å². The molecule has 3 fully saturated rings. The standard InChI is InChI=1S/C36H54O2/c1-25(2)10-9-11-26(3)31-17-18-32-30-16-15-28-24-29(38-34(37)19-14-27-12-7-6-8-13-27)20-22-35(28,4)33(30)21-23-36(31,32)5/h6-8,12-13,15,25-26,29-33H,9-11,14,16-24H2,1-5H3/t26-,29+,30+,31-,32+,33+,35+,36-/m1/s1/i14D,19D/t14?,19?,26-,29+,30+,31-,32+,33+,35+,36-. The van der Waals surface area contributed by atoms with Gasteiger partial charge < -0.3 is 4.74 Å². The molecule has 0 amide bonds. The quantitative estimate of drug-likeness (QED) is 0.239. The number of ether oxygens (including phenoxy) is 1. The predicted molar refractivity (Wildman–Crippen MR) is 158 cm³/mol. The Hall–Kier alpha value is -1.57. The summed E-state index contributed by atoms with van der Waals surface area (Å²) in [5.74, 6) is 4.39. The van der Waals surface area contributed by atoms with Crippen LogP contribution in [0.2, 0.25) is 0 Å². The van der Waals surface area contributed by atoms with Crippen molar-refractivity contribution in [3.8, 4) is 0 Å². The molecule has 4 aliphatic carbocycles. The van der Waals surface area contributed by atoms with Crippen molar-refractivity contribution >= 4 is 5.97 Å². The van der Waals surface area contributed by atoms with E-state index in [4.69, 9.17) is 7.48 Å². The molecule has 2 heteroatoms. The van der Waals surface area contributed by atoms with Crippen LogP contribution < -0.4 is 0 Å². The largest absolute Gasteiger partial charge is 0.462 e. The summed E-state index contributed by atoms with van der Waals surface area (Å²) in [7, 11) is 0. The highest BCUT2D eigenvalue weighted by Crippen LogP contribution is 2.67. The van der Waals surface area contributed by atoms with E-state index in [1.54, 1.807) is 0 Å². The highest BCUT2D eigenvalue weighted by molar-refractivity contribution is 5.70. The number of rotatable bonds is 9. The van der Waals surface area contributed by atoms with Gasteiger partial charge in [0.2, 0.25) is 0 Å². The van der Waals surface area contributed by atoms with Crippen molar-refractivity contribution in [1.82, 2.24) is 0 Å².